The second-order valence-corrected chi connectivity index (χ2v) is 7.00. The molecule has 0 fully saturated rings. The third kappa shape index (κ3) is 5.01. The van der Waals surface area contributed by atoms with Crippen LogP contribution in [-0.4, -0.2) is 27.8 Å². The first-order valence-electron chi connectivity index (χ1n) is 9.87. The average Bonchev–Trinajstić information content (AvgIpc) is 2.69. The van der Waals surface area contributed by atoms with Crippen LogP contribution >= 0.6 is 0 Å². The van der Waals surface area contributed by atoms with E-state index in [-0.39, 0.29) is 23.6 Å². The summed E-state index contributed by atoms with van der Waals surface area (Å²) in [5, 5.41) is 0. The molecule has 8 heteroatoms. The quantitative estimate of drug-likeness (QED) is 0.494. The first-order valence-corrected chi connectivity index (χ1v) is 9.87. The number of benzene rings is 1. The normalized spacial score (nSPS) is 10.7. The first-order chi connectivity index (χ1) is 13.8. The van der Waals surface area contributed by atoms with Crippen LogP contribution in [-0.2, 0) is 11.3 Å². The van der Waals surface area contributed by atoms with Crippen LogP contribution in [0, 0.1) is 6.92 Å². The van der Waals surface area contributed by atoms with Gasteiger partial charge in [0.25, 0.3) is 17.2 Å². The Kier molecular flexibility index (Phi) is 7.52. The number of amides is 1. The fourth-order valence-electron chi connectivity index (χ4n) is 2.96. The van der Waals surface area contributed by atoms with E-state index in [2.05, 4.69) is 4.98 Å². The standard InChI is InChI=1S/C21H28N4O4/c1-4-6-12-24(20(28)17(26)15-10-8-14(3)9-11-15)16-18(22)25(13-7-5-2)21(29)23-19(16)27/h8-11H,4-7,12-13,22H2,1-3H3,(H,23,27,29). The zero-order valence-corrected chi connectivity index (χ0v) is 17.2. The van der Waals surface area contributed by atoms with Gasteiger partial charge in [-0.15, -0.1) is 0 Å². The number of Topliss-reactive ketones (excluding diaryl/α,β-unsaturated/α-hetero) is 1. The lowest BCUT2D eigenvalue weighted by molar-refractivity contribution is -0.114. The van der Waals surface area contributed by atoms with Crippen molar-refractivity contribution in [2.45, 2.75) is 53.0 Å². The lowest BCUT2D eigenvalue weighted by Gasteiger charge is -2.24. The molecule has 156 valence electrons. The number of rotatable bonds is 9. The number of nitrogen functional groups attached to an aromatic ring is 1. The Labute approximate surface area is 169 Å². The number of carbonyl (C=O) groups excluding carboxylic acids is 2. The van der Waals surface area contributed by atoms with Crippen LogP contribution in [0.2, 0.25) is 0 Å². The Bertz CT molecular complexity index is 989. The highest BCUT2D eigenvalue weighted by Gasteiger charge is 2.29. The molecule has 1 amide bonds. The largest absolute Gasteiger partial charge is 0.383 e. The maximum absolute atomic E-state index is 13.0. The molecule has 29 heavy (non-hydrogen) atoms. The zero-order valence-electron chi connectivity index (χ0n) is 17.2. The highest BCUT2D eigenvalue weighted by atomic mass is 16.2. The number of carbonyl (C=O) groups is 2. The summed E-state index contributed by atoms with van der Waals surface area (Å²) in [5.41, 5.74) is 5.77. The number of nitrogens with zero attached hydrogens (tertiary/aromatic N) is 2. The molecule has 0 spiro atoms. The number of nitrogens with one attached hydrogen (secondary N) is 1. The molecule has 0 unspecified atom stereocenters. The van der Waals surface area contributed by atoms with Crippen LogP contribution < -0.4 is 21.9 Å². The maximum Gasteiger partial charge on any atom is 0.330 e. The molecule has 0 bridgehead atoms. The van der Waals surface area contributed by atoms with Gasteiger partial charge in [0.05, 0.1) is 0 Å². The van der Waals surface area contributed by atoms with Crippen LogP contribution in [0.1, 0.15) is 55.5 Å². The van der Waals surface area contributed by atoms with Crippen molar-refractivity contribution < 1.29 is 9.59 Å². The summed E-state index contributed by atoms with van der Waals surface area (Å²) in [6.07, 6.45) is 2.82. The smallest absolute Gasteiger partial charge is 0.330 e. The minimum Gasteiger partial charge on any atom is -0.383 e. The topological polar surface area (TPSA) is 118 Å². The van der Waals surface area contributed by atoms with Gasteiger partial charge in [-0.05, 0) is 19.8 Å². The van der Waals surface area contributed by atoms with Crippen LogP contribution in [0.5, 0.6) is 0 Å². The Balaban J connectivity index is 2.53. The first kappa shape index (κ1) is 22.1. The van der Waals surface area contributed by atoms with Gasteiger partial charge >= 0.3 is 5.69 Å². The fourth-order valence-corrected chi connectivity index (χ4v) is 2.96. The van der Waals surface area contributed by atoms with E-state index in [4.69, 9.17) is 5.73 Å². The second-order valence-electron chi connectivity index (χ2n) is 7.00. The van der Waals surface area contributed by atoms with Crippen LogP contribution in [0.3, 0.4) is 0 Å². The molecule has 0 saturated heterocycles. The van der Waals surface area contributed by atoms with E-state index in [1.807, 2.05) is 20.8 Å². The Morgan fingerprint density at radius 3 is 2.28 bits per heavy atom. The Morgan fingerprint density at radius 1 is 1.07 bits per heavy atom. The molecular weight excluding hydrogens is 372 g/mol. The number of hydrogen-bond donors (Lipinski definition) is 2. The molecule has 1 aromatic carbocycles. The molecule has 0 aliphatic heterocycles. The zero-order chi connectivity index (χ0) is 21.6. The van der Waals surface area contributed by atoms with Gasteiger partial charge in [0, 0.05) is 18.7 Å². The van der Waals surface area contributed by atoms with Crippen molar-refractivity contribution in [3.63, 3.8) is 0 Å². The lowest BCUT2D eigenvalue weighted by Crippen LogP contribution is -2.44. The molecule has 0 radical (unpaired) electrons. The molecule has 3 N–H and O–H groups in total. The molecule has 1 aromatic heterocycles. The minimum atomic E-state index is -0.847. The summed E-state index contributed by atoms with van der Waals surface area (Å²) < 4.78 is 1.24. The number of nitrogens with two attached hydrogens (primary N) is 1. The van der Waals surface area contributed by atoms with Gasteiger partial charge in [0.2, 0.25) is 0 Å². The number of anilines is 2. The average molecular weight is 400 g/mol. The Morgan fingerprint density at radius 2 is 1.69 bits per heavy atom. The van der Waals surface area contributed by atoms with Crippen molar-refractivity contribution in [3.8, 4) is 0 Å². The highest BCUT2D eigenvalue weighted by molar-refractivity contribution is 6.47. The van der Waals surface area contributed by atoms with Crippen LogP contribution in [0.15, 0.2) is 33.9 Å². The van der Waals surface area contributed by atoms with Crippen molar-refractivity contribution in [1.82, 2.24) is 9.55 Å². The van der Waals surface area contributed by atoms with E-state index < -0.39 is 22.9 Å². The second kappa shape index (κ2) is 9.86. The SMILES string of the molecule is CCCCN(C(=O)C(=O)c1ccc(C)cc1)c1c(N)n(CCCC)c(=O)[nH]c1=O. The number of hydrogen-bond acceptors (Lipinski definition) is 5. The molecular formula is C21H28N4O4. The van der Waals surface area contributed by atoms with Gasteiger partial charge in [-0.3, -0.25) is 28.8 Å². The van der Waals surface area contributed by atoms with Gasteiger partial charge in [-0.2, -0.15) is 0 Å². The van der Waals surface area contributed by atoms with E-state index in [1.54, 1.807) is 24.3 Å². The number of aromatic amines is 1. The van der Waals surface area contributed by atoms with E-state index in [0.717, 1.165) is 23.3 Å². The molecule has 0 aliphatic rings. The minimum absolute atomic E-state index is 0.103. The maximum atomic E-state index is 13.0. The predicted molar refractivity (Wildman–Crippen MR) is 113 cm³/mol. The van der Waals surface area contributed by atoms with Gasteiger partial charge in [-0.25, -0.2) is 4.79 Å². The number of aromatic nitrogens is 2. The third-order valence-corrected chi connectivity index (χ3v) is 4.71. The summed E-state index contributed by atoms with van der Waals surface area (Å²) in [6, 6.07) is 6.62. The number of H-pyrrole nitrogens is 1. The third-order valence-electron chi connectivity index (χ3n) is 4.71. The monoisotopic (exact) mass is 400 g/mol. The molecule has 2 aromatic rings. The van der Waals surface area contributed by atoms with Gasteiger partial charge < -0.3 is 5.73 Å². The molecule has 0 atom stereocenters. The van der Waals surface area contributed by atoms with E-state index in [1.165, 1.54) is 4.57 Å². The lowest BCUT2D eigenvalue weighted by atomic mass is 10.1. The van der Waals surface area contributed by atoms with Crippen molar-refractivity contribution in [2.24, 2.45) is 0 Å². The van der Waals surface area contributed by atoms with E-state index >= 15 is 0 Å². The molecule has 0 saturated carbocycles. The summed E-state index contributed by atoms with van der Waals surface area (Å²) in [6.45, 7) is 6.23. The van der Waals surface area contributed by atoms with Crippen molar-refractivity contribution in [2.75, 3.05) is 17.2 Å². The predicted octanol–water partition coefficient (Wildman–Crippen LogP) is 2.24. The van der Waals surface area contributed by atoms with Crippen molar-refractivity contribution in [3.05, 3.63) is 56.2 Å². The van der Waals surface area contributed by atoms with Crippen LogP contribution in [0.25, 0.3) is 0 Å². The van der Waals surface area contributed by atoms with Crippen molar-refractivity contribution in [1.29, 1.82) is 0 Å². The summed E-state index contributed by atoms with van der Waals surface area (Å²) >= 11 is 0. The summed E-state index contributed by atoms with van der Waals surface area (Å²) in [5.74, 6) is -1.68. The van der Waals surface area contributed by atoms with Crippen molar-refractivity contribution >= 4 is 23.2 Å². The molecule has 2 rings (SSSR count). The summed E-state index contributed by atoms with van der Waals surface area (Å²) in [7, 11) is 0. The van der Waals surface area contributed by atoms with Gasteiger partial charge in [-0.1, -0.05) is 56.5 Å². The van der Waals surface area contributed by atoms with E-state index in [0.29, 0.717) is 19.4 Å². The number of unbranched alkanes of at least 4 members (excludes halogenated alkanes) is 2. The fraction of sp³-hybridized carbons (Fsp3) is 0.429. The number of aryl methyl sites for hydroxylation is 1. The Hall–Kier alpha value is -3.16. The molecule has 0 aliphatic carbocycles. The van der Waals surface area contributed by atoms with E-state index in [9.17, 15) is 19.2 Å². The number of ketones is 1. The van der Waals surface area contributed by atoms with Gasteiger partial charge in [0.1, 0.15) is 5.82 Å². The van der Waals surface area contributed by atoms with Crippen LogP contribution in [0.4, 0.5) is 11.5 Å². The molecule has 1 heterocycles. The van der Waals surface area contributed by atoms with Gasteiger partial charge in [0.15, 0.2) is 5.69 Å². The summed E-state index contributed by atoms with van der Waals surface area (Å²) in [4.78, 5) is 53.8. The molecule has 8 nitrogen and oxygen atoms in total. The highest BCUT2D eigenvalue weighted by Crippen LogP contribution is 2.19.